The number of benzene rings is 2. The van der Waals surface area contributed by atoms with Gasteiger partial charge >= 0.3 is 17.8 Å². The zero-order valence-corrected chi connectivity index (χ0v) is 47.6. The van der Waals surface area contributed by atoms with Gasteiger partial charge in [-0.3, -0.25) is 58.2 Å². The third-order valence-corrected chi connectivity index (χ3v) is 14.1. The molecule has 3 atom stereocenters. The predicted molar refractivity (Wildman–Crippen MR) is 298 cm³/mol. The molecule has 30 heteroatoms. The van der Waals surface area contributed by atoms with Crippen molar-refractivity contribution in [3.63, 3.8) is 0 Å². The van der Waals surface area contributed by atoms with Crippen LogP contribution in [-0.4, -0.2) is 137 Å². The molecule has 440 valence electrons. The number of nitrogens with one attached hydrogen (secondary N) is 3. The Labute approximate surface area is 481 Å². The highest BCUT2D eigenvalue weighted by Gasteiger charge is 2.38. The number of hydrogen-bond acceptors (Lipinski definition) is 20. The maximum Gasteiger partial charge on any atom is 0.317 e. The largest absolute Gasteiger partial charge is 0.494 e. The van der Waals surface area contributed by atoms with Crippen LogP contribution in [0.4, 0.5) is 5.95 Å². The lowest BCUT2D eigenvalue weighted by Crippen LogP contribution is -2.51. The maximum atomic E-state index is 13.9. The smallest absolute Gasteiger partial charge is 0.317 e. The number of oxazole rings is 2. The first-order valence-corrected chi connectivity index (χ1v) is 27.3. The number of carbonyl (C=O) groups excluding carboxylic acids is 9. The normalized spacial score (nSPS) is 14.3. The van der Waals surface area contributed by atoms with Crippen LogP contribution in [0.5, 0.6) is 11.5 Å². The Morgan fingerprint density at radius 2 is 1.53 bits per heavy atom. The van der Waals surface area contributed by atoms with Crippen molar-refractivity contribution < 1.29 is 76.1 Å². The van der Waals surface area contributed by atoms with Crippen molar-refractivity contribution in [2.45, 2.75) is 110 Å². The first kappa shape index (κ1) is 61.4. The summed E-state index contributed by atoms with van der Waals surface area (Å²) in [6.45, 7) is 7.30. The van der Waals surface area contributed by atoms with Crippen molar-refractivity contribution in [2.24, 2.45) is 16.5 Å². The Kier molecular flexibility index (Phi) is 20.0. The number of hydrogen-bond donors (Lipinski definition) is 7. The van der Waals surface area contributed by atoms with E-state index < -0.39 is 89.6 Å². The number of ether oxygens (including phenoxy) is 3. The van der Waals surface area contributed by atoms with Gasteiger partial charge in [0.1, 0.15) is 41.2 Å². The number of rotatable bonds is 27. The first-order valence-electron chi connectivity index (χ1n) is 26.0. The molecule has 5 heterocycles. The number of aliphatic carboxylic acids is 1. The third-order valence-electron chi connectivity index (χ3n) is 12.7. The van der Waals surface area contributed by atoms with Crippen LogP contribution in [0.1, 0.15) is 118 Å². The molecule has 83 heavy (non-hydrogen) atoms. The Balaban J connectivity index is 1.10. The highest BCUT2D eigenvalue weighted by atomic mass is 32.1. The number of primary amides is 2. The number of anilines is 1. The van der Waals surface area contributed by atoms with Gasteiger partial charge in [0.05, 0.1) is 47.1 Å². The second-order valence-corrected chi connectivity index (χ2v) is 20.4. The summed E-state index contributed by atoms with van der Waals surface area (Å²) in [6, 6.07) is 4.46. The maximum absolute atomic E-state index is 13.9. The van der Waals surface area contributed by atoms with E-state index in [1.165, 1.54) is 32.2 Å². The molecule has 1 aliphatic heterocycles. The third kappa shape index (κ3) is 14.8. The minimum Gasteiger partial charge on any atom is -0.494 e. The summed E-state index contributed by atoms with van der Waals surface area (Å²) in [6.07, 6.45) is 2.15. The second-order valence-electron chi connectivity index (χ2n) is 18.8. The van der Waals surface area contributed by atoms with Crippen LogP contribution in [0.2, 0.25) is 0 Å². The van der Waals surface area contributed by atoms with Crippen molar-refractivity contribution in [2.75, 3.05) is 32.1 Å². The van der Waals surface area contributed by atoms with Crippen LogP contribution in [0.3, 0.4) is 0 Å². The number of carbonyl (C=O) groups is 10. The Morgan fingerprint density at radius 3 is 2.16 bits per heavy atom. The summed E-state index contributed by atoms with van der Waals surface area (Å²) < 4.78 is 32.6. The topological polar surface area (TPSA) is 397 Å². The zero-order valence-electron chi connectivity index (χ0n) is 45.9. The standard InChI is InChI=1S/C53H60N12O16S2/c1-7-30-44(80-26(4)57-30)49(74)61-52-60-33-18-28(46(54)71)20-35(78-17-11-12-41(70)79-25(3)23-56-48(73)32(13-14-40(68)69)59-38(66)24-65-39(67)22-36(82)51(65)76)42(33)63(52)15-9-10-16-64-43-34(77-6)19-29(47(55)72)21-37(43)83-53(64)62-50(75)45-31(8-2)58-27(5)81-45/h9-10,18-21,25,32,36,82H,7-8,11-17,22-24H2,1-6H3,(H2,54,71)(H2,55,72)(H,56,73)(H,59,66)(H,68,69)(H,60,61,74)/b10-9+,62-53-/t25-,32-,36?/m0/s1. The zero-order chi connectivity index (χ0) is 60.4. The molecule has 2 aromatic carbocycles. The number of fused-ring (bicyclic) bond motifs is 2. The molecule has 6 aromatic rings. The van der Waals surface area contributed by atoms with Crippen molar-refractivity contribution in [3.8, 4) is 11.5 Å². The molecule has 28 nitrogen and oxygen atoms in total. The summed E-state index contributed by atoms with van der Waals surface area (Å²) in [5.41, 5.74) is 13.4. The fourth-order valence-corrected chi connectivity index (χ4v) is 10.1. The average Bonchev–Trinajstić information content (AvgIpc) is 2.79. The molecular weight excluding hydrogens is 1120 g/mol. The predicted octanol–water partition coefficient (Wildman–Crippen LogP) is 2.84. The number of aromatic nitrogens is 5. The van der Waals surface area contributed by atoms with Gasteiger partial charge in [0.2, 0.25) is 52.9 Å². The number of nitrogens with two attached hydrogens (primary N) is 2. The van der Waals surface area contributed by atoms with E-state index >= 15 is 0 Å². The Hall–Kier alpha value is -9.19. The Bertz CT molecular complexity index is 3670. The number of thiol groups is 1. The van der Waals surface area contributed by atoms with Crippen molar-refractivity contribution in [1.82, 2.24) is 39.6 Å². The van der Waals surface area contributed by atoms with Crippen molar-refractivity contribution >= 4 is 110 Å². The lowest BCUT2D eigenvalue weighted by atomic mass is 10.1. The lowest BCUT2D eigenvalue weighted by molar-refractivity contribution is -0.149. The van der Waals surface area contributed by atoms with Crippen LogP contribution in [0.15, 0.2) is 50.2 Å². The number of methoxy groups -OCH3 is 1. The minimum atomic E-state index is -1.38. The lowest BCUT2D eigenvalue weighted by Gasteiger charge is -2.21. The van der Waals surface area contributed by atoms with Gasteiger partial charge in [-0.05, 0) is 56.9 Å². The number of imidazole rings is 1. The first-order chi connectivity index (χ1) is 39.5. The summed E-state index contributed by atoms with van der Waals surface area (Å²) >= 11 is 5.13. The number of thiazole rings is 1. The molecule has 4 aromatic heterocycles. The summed E-state index contributed by atoms with van der Waals surface area (Å²) in [5, 5.41) is 16.0. The van der Waals surface area contributed by atoms with Crippen molar-refractivity contribution in [3.05, 3.63) is 87.0 Å². The fourth-order valence-electron chi connectivity index (χ4n) is 8.74. The van der Waals surface area contributed by atoms with Crippen LogP contribution in [-0.2, 0) is 59.4 Å². The van der Waals surface area contributed by atoms with Gasteiger partial charge in [-0.2, -0.15) is 17.6 Å². The van der Waals surface area contributed by atoms with Gasteiger partial charge in [-0.15, -0.1) is 0 Å². The van der Waals surface area contributed by atoms with E-state index in [4.69, 9.17) is 34.5 Å². The molecule has 0 saturated carbocycles. The molecule has 0 spiro atoms. The molecule has 7 rings (SSSR count). The van der Waals surface area contributed by atoms with Gasteiger partial charge in [0.25, 0.3) is 5.91 Å². The monoisotopic (exact) mass is 1180 g/mol. The molecule has 1 fully saturated rings. The molecule has 0 bridgehead atoms. The number of esters is 1. The number of amides is 8. The van der Waals surface area contributed by atoms with E-state index in [9.17, 15) is 53.1 Å². The number of allylic oxidation sites excluding steroid dienone is 2. The molecule has 1 unspecified atom stereocenters. The van der Waals surface area contributed by atoms with E-state index in [1.807, 2.05) is 6.92 Å². The van der Waals surface area contributed by atoms with E-state index in [2.05, 4.69) is 48.5 Å². The molecular formula is C53H60N12O16S2. The highest BCUT2D eigenvalue weighted by molar-refractivity contribution is 7.81. The number of carboxylic acids is 1. The van der Waals surface area contributed by atoms with E-state index in [0.29, 0.717) is 39.3 Å². The molecule has 0 aliphatic carbocycles. The molecule has 0 radical (unpaired) electrons. The summed E-state index contributed by atoms with van der Waals surface area (Å²) in [7, 11) is 1.42. The van der Waals surface area contributed by atoms with Crippen LogP contribution < -0.4 is 41.7 Å². The number of carboxylic acid groups (broad SMARTS) is 1. The van der Waals surface area contributed by atoms with Crippen molar-refractivity contribution in [1.29, 1.82) is 0 Å². The van der Waals surface area contributed by atoms with Crippen LogP contribution in [0.25, 0.3) is 21.3 Å². The fraction of sp³-hybridized carbons (Fsp3) is 0.396. The van der Waals surface area contributed by atoms with Gasteiger partial charge in [0.15, 0.2) is 16.6 Å². The van der Waals surface area contributed by atoms with Gasteiger partial charge in [-0.25, -0.2) is 15.0 Å². The second kappa shape index (κ2) is 27.1. The van der Waals surface area contributed by atoms with E-state index in [-0.39, 0.29) is 120 Å². The molecule has 8 N–H and O–H groups in total. The quantitative estimate of drug-likeness (QED) is 0.0128. The van der Waals surface area contributed by atoms with Crippen LogP contribution >= 0.6 is 24.0 Å². The highest BCUT2D eigenvalue weighted by Crippen LogP contribution is 2.33. The number of imide groups is 1. The Morgan fingerprint density at radius 1 is 0.892 bits per heavy atom. The summed E-state index contributed by atoms with van der Waals surface area (Å²) in [4.78, 5) is 146. The van der Waals surface area contributed by atoms with Gasteiger partial charge < -0.3 is 59.4 Å². The minimum absolute atomic E-state index is 0.000251. The average molecular weight is 1190 g/mol. The molecule has 1 saturated heterocycles. The number of likely N-dealkylation sites (tertiary alicyclic amines) is 1. The van der Waals surface area contributed by atoms with E-state index in [1.54, 1.807) is 48.1 Å². The van der Waals surface area contributed by atoms with Crippen LogP contribution in [0, 0.1) is 13.8 Å². The molecule has 1 aliphatic rings. The van der Waals surface area contributed by atoms with Gasteiger partial charge in [0, 0.05) is 57.3 Å². The molecule has 8 amide bonds. The number of nitrogens with zero attached hydrogens (tertiary/aromatic N) is 7. The van der Waals surface area contributed by atoms with Gasteiger partial charge in [-0.1, -0.05) is 37.3 Å². The summed E-state index contributed by atoms with van der Waals surface area (Å²) in [5.74, 6) is -7.01. The number of aryl methyl sites for hydroxylation is 4. The SMILES string of the molecule is CCc1nc(C)oc1C(=O)/N=c1\sc2cc(C(N)=O)cc(OC)c2n1C/C=C/Cn1c(NC(=O)c2oc(C)nc2CC)nc2cc(C(N)=O)cc(OCCCC(=O)O[C@@H](C)CNC(=O)[C@H](CCC(=O)O)NC(=O)CN3C(=O)CC(S)C3=O)c21. The van der Waals surface area contributed by atoms with E-state index in [0.717, 1.165) is 11.3 Å².